The maximum Gasteiger partial charge on any atom is 0.349 e. The van der Waals surface area contributed by atoms with Crippen molar-refractivity contribution < 1.29 is 14.7 Å². The summed E-state index contributed by atoms with van der Waals surface area (Å²) in [6, 6.07) is 6.61. The summed E-state index contributed by atoms with van der Waals surface area (Å²) in [4.78, 5) is 40.1. The highest BCUT2D eigenvalue weighted by Crippen LogP contribution is 2.17. The van der Waals surface area contributed by atoms with Crippen LogP contribution in [0.4, 0.5) is 11.6 Å². The smallest absolute Gasteiger partial charge is 0.349 e. The van der Waals surface area contributed by atoms with E-state index in [0.29, 0.717) is 11.6 Å². The molecule has 0 saturated carbocycles. The fraction of sp³-hybridized carbons (Fsp3) is 0.316. The van der Waals surface area contributed by atoms with E-state index < -0.39 is 22.5 Å². The molecule has 0 aliphatic carbocycles. The van der Waals surface area contributed by atoms with E-state index in [4.69, 9.17) is 5.26 Å². The number of carbonyl (C=O) groups excluding carboxylic acids is 1. The number of aliphatic carboxylic acids is 1. The SMILES string of the molecule is CCn1c(=O)/c(=C\Nc2cccc(NC(=O)C(C)(C)C)n2)s/c1=C(/C#N)C(=O)O. The molecular formula is C19H21N5O4S. The van der Waals surface area contributed by atoms with E-state index in [0.717, 1.165) is 11.3 Å². The Morgan fingerprint density at radius 3 is 2.55 bits per heavy atom. The van der Waals surface area contributed by atoms with Crippen molar-refractivity contribution in [2.45, 2.75) is 34.2 Å². The van der Waals surface area contributed by atoms with Gasteiger partial charge in [0.25, 0.3) is 5.56 Å². The lowest BCUT2D eigenvalue weighted by molar-refractivity contribution is -0.130. The molecule has 0 radical (unpaired) electrons. The van der Waals surface area contributed by atoms with Crippen LogP contribution in [0.5, 0.6) is 0 Å². The average molecular weight is 415 g/mol. The van der Waals surface area contributed by atoms with Crippen LogP contribution in [0.2, 0.25) is 0 Å². The number of amides is 1. The van der Waals surface area contributed by atoms with E-state index >= 15 is 0 Å². The van der Waals surface area contributed by atoms with Crippen LogP contribution in [0.25, 0.3) is 11.8 Å². The molecule has 29 heavy (non-hydrogen) atoms. The number of carbonyl (C=O) groups is 2. The van der Waals surface area contributed by atoms with E-state index in [1.165, 1.54) is 10.8 Å². The van der Waals surface area contributed by atoms with Gasteiger partial charge in [0.1, 0.15) is 26.9 Å². The van der Waals surface area contributed by atoms with Crippen LogP contribution in [-0.2, 0) is 16.1 Å². The normalized spacial score (nSPS) is 12.9. The van der Waals surface area contributed by atoms with Gasteiger partial charge in [0.15, 0.2) is 5.57 Å². The number of aromatic nitrogens is 2. The minimum atomic E-state index is -1.39. The number of hydrogen-bond donors (Lipinski definition) is 3. The summed E-state index contributed by atoms with van der Waals surface area (Å²) in [6.45, 7) is 7.27. The number of nitriles is 1. The van der Waals surface area contributed by atoms with Crippen molar-refractivity contribution in [1.82, 2.24) is 9.55 Å². The first-order chi connectivity index (χ1) is 13.6. The van der Waals surface area contributed by atoms with Gasteiger partial charge in [-0.2, -0.15) is 5.26 Å². The molecule has 2 heterocycles. The molecule has 9 nitrogen and oxygen atoms in total. The number of nitrogens with one attached hydrogen (secondary N) is 2. The Labute approximate surface area is 170 Å². The third-order valence-electron chi connectivity index (χ3n) is 3.79. The van der Waals surface area contributed by atoms with Crippen LogP contribution in [-0.4, -0.2) is 26.5 Å². The standard InChI is InChI=1S/C19H21N5O4S/c1-5-24-15(25)12(29-16(24)11(9-20)17(26)27)10-21-13-7-6-8-14(22-13)23-18(28)19(2,3)4/h6-8,10H,5H2,1-4H3,(H,26,27)(H2,21,22,23,28)/b12-10+,16-11-. The molecule has 0 saturated heterocycles. The molecule has 152 valence electrons. The van der Waals surface area contributed by atoms with Crippen molar-refractivity contribution in [3.8, 4) is 6.07 Å². The second-order valence-electron chi connectivity index (χ2n) is 7.01. The minimum Gasteiger partial charge on any atom is -0.477 e. The van der Waals surface area contributed by atoms with Gasteiger partial charge in [0.05, 0.1) is 0 Å². The van der Waals surface area contributed by atoms with Crippen LogP contribution in [0, 0.1) is 16.7 Å². The fourth-order valence-electron chi connectivity index (χ4n) is 2.21. The van der Waals surface area contributed by atoms with Crippen molar-refractivity contribution in [3.63, 3.8) is 0 Å². The third-order valence-corrected chi connectivity index (χ3v) is 4.92. The third kappa shape index (κ3) is 5.08. The van der Waals surface area contributed by atoms with Gasteiger partial charge in [-0.3, -0.25) is 14.2 Å². The number of rotatable bonds is 5. The fourth-order valence-corrected chi connectivity index (χ4v) is 3.29. The molecule has 3 N–H and O–H groups in total. The first-order valence-electron chi connectivity index (χ1n) is 8.71. The zero-order valence-corrected chi connectivity index (χ0v) is 17.3. The van der Waals surface area contributed by atoms with Crippen molar-refractivity contribution in [2.75, 3.05) is 10.6 Å². The van der Waals surface area contributed by atoms with E-state index in [-0.39, 0.29) is 21.6 Å². The molecular weight excluding hydrogens is 394 g/mol. The van der Waals surface area contributed by atoms with Gasteiger partial charge in [0.2, 0.25) is 5.91 Å². The summed E-state index contributed by atoms with van der Waals surface area (Å²) in [7, 11) is 0. The topological polar surface area (TPSA) is 137 Å². The summed E-state index contributed by atoms with van der Waals surface area (Å²) in [5.74, 6) is -0.837. The lowest BCUT2D eigenvalue weighted by Gasteiger charge is -2.17. The van der Waals surface area contributed by atoms with Crippen molar-refractivity contribution in [1.29, 1.82) is 5.26 Å². The molecule has 0 atom stereocenters. The van der Waals surface area contributed by atoms with Gasteiger partial charge >= 0.3 is 5.97 Å². The zero-order valence-electron chi connectivity index (χ0n) is 16.4. The van der Waals surface area contributed by atoms with E-state index in [1.54, 1.807) is 52.0 Å². The number of carboxylic acid groups (broad SMARTS) is 1. The summed E-state index contributed by atoms with van der Waals surface area (Å²) in [6.07, 6.45) is 1.40. The molecule has 2 rings (SSSR count). The molecule has 0 aromatic carbocycles. The Morgan fingerprint density at radius 2 is 2.00 bits per heavy atom. The van der Waals surface area contributed by atoms with Gasteiger partial charge in [0, 0.05) is 18.2 Å². The summed E-state index contributed by atoms with van der Waals surface area (Å²) >= 11 is 0.904. The molecule has 0 spiro atoms. The van der Waals surface area contributed by atoms with Crippen LogP contribution < -0.4 is 25.4 Å². The monoisotopic (exact) mass is 415 g/mol. The minimum absolute atomic E-state index is 0.0831. The van der Waals surface area contributed by atoms with Gasteiger partial charge in [-0.15, -0.1) is 11.3 Å². The highest BCUT2D eigenvalue weighted by Gasteiger charge is 2.21. The van der Waals surface area contributed by atoms with Gasteiger partial charge in [-0.25, -0.2) is 9.78 Å². The van der Waals surface area contributed by atoms with Crippen molar-refractivity contribution in [2.24, 2.45) is 5.41 Å². The molecule has 2 aromatic heterocycles. The summed E-state index contributed by atoms with van der Waals surface area (Å²) in [5.41, 5.74) is -1.47. The predicted molar refractivity (Wildman–Crippen MR) is 111 cm³/mol. The average Bonchev–Trinajstić information content (AvgIpc) is 2.95. The quantitative estimate of drug-likeness (QED) is 0.660. The van der Waals surface area contributed by atoms with Crippen LogP contribution in [0.1, 0.15) is 27.7 Å². The molecule has 1 amide bonds. The molecule has 10 heteroatoms. The number of pyridine rings is 1. The van der Waals surface area contributed by atoms with Gasteiger partial charge in [-0.05, 0) is 19.1 Å². The lowest BCUT2D eigenvalue weighted by Crippen LogP contribution is -2.32. The van der Waals surface area contributed by atoms with Crippen LogP contribution >= 0.6 is 11.3 Å². The van der Waals surface area contributed by atoms with Crippen molar-refractivity contribution in [3.05, 3.63) is 37.7 Å². The number of thiazole rings is 1. The largest absolute Gasteiger partial charge is 0.477 e. The molecule has 0 bridgehead atoms. The van der Waals surface area contributed by atoms with E-state index in [9.17, 15) is 19.5 Å². The molecule has 0 fully saturated rings. The Morgan fingerprint density at radius 1 is 1.34 bits per heavy atom. The first kappa shape index (κ1) is 21.8. The van der Waals surface area contributed by atoms with Crippen LogP contribution in [0.3, 0.4) is 0 Å². The first-order valence-corrected chi connectivity index (χ1v) is 9.52. The Balaban J connectivity index is 2.41. The highest BCUT2D eigenvalue weighted by molar-refractivity contribution is 7.07. The predicted octanol–water partition coefficient (Wildman–Crippen LogP) is 0.918. The summed E-state index contributed by atoms with van der Waals surface area (Å²) in [5, 5.41) is 23.9. The second-order valence-corrected chi connectivity index (χ2v) is 8.04. The van der Waals surface area contributed by atoms with Gasteiger partial charge < -0.3 is 15.7 Å². The Hall–Kier alpha value is -3.45. The molecule has 0 unspecified atom stereocenters. The lowest BCUT2D eigenvalue weighted by atomic mass is 9.96. The Kier molecular flexibility index (Phi) is 6.56. The zero-order chi connectivity index (χ0) is 21.8. The van der Waals surface area contributed by atoms with E-state index in [1.807, 2.05) is 0 Å². The summed E-state index contributed by atoms with van der Waals surface area (Å²) < 4.78 is 1.54. The number of nitrogens with zero attached hydrogens (tertiary/aromatic N) is 3. The highest BCUT2D eigenvalue weighted by atomic mass is 32.1. The van der Waals surface area contributed by atoms with Crippen molar-refractivity contribution >= 4 is 46.6 Å². The number of carboxylic acids is 1. The van der Waals surface area contributed by atoms with E-state index in [2.05, 4.69) is 15.6 Å². The number of hydrogen-bond acceptors (Lipinski definition) is 7. The second kappa shape index (κ2) is 8.70. The number of anilines is 2. The Bertz CT molecular complexity index is 1160. The molecule has 2 aromatic rings. The van der Waals surface area contributed by atoms with Crippen LogP contribution in [0.15, 0.2) is 23.0 Å². The van der Waals surface area contributed by atoms with Gasteiger partial charge in [-0.1, -0.05) is 26.8 Å². The molecule has 0 aliphatic heterocycles. The maximum atomic E-state index is 12.5. The maximum absolute atomic E-state index is 12.5. The molecule has 0 aliphatic rings.